The van der Waals surface area contributed by atoms with Crippen molar-refractivity contribution in [2.45, 2.75) is 46.7 Å². The lowest BCUT2D eigenvalue weighted by Gasteiger charge is -2.28. The van der Waals surface area contributed by atoms with Crippen LogP contribution in [0.15, 0.2) is 0 Å². The number of likely N-dealkylation sites (N-methyl/N-ethyl adjacent to an activating group) is 1. The van der Waals surface area contributed by atoms with E-state index in [4.69, 9.17) is 0 Å². The van der Waals surface area contributed by atoms with Gasteiger partial charge in [0.15, 0.2) is 5.78 Å². The van der Waals surface area contributed by atoms with Gasteiger partial charge in [-0.15, -0.1) is 0 Å². The summed E-state index contributed by atoms with van der Waals surface area (Å²) in [5.41, 5.74) is 0. The molecule has 0 rings (SSSR count). The largest absolute Gasteiger partial charge is 0.298 e. The molecule has 0 unspecified atom stereocenters. The summed E-state index contributed by atoms with van der Waals surface area (Å²) in [6, 6.07) is 0.479. The van der Waals surface area contributed by atoms with Crippen LogP contribution in [0.2, 0.25) is 0 Å². The molecule has 0 bridgehead atoms. The van der Waals surface area contributed by atoms with Crippen molar-refractivity contribution in [2.75, 3.05) is 7.05 Å². The number of carbonyl (C=O) groups excluding carboxylic acids is 1. The van der Waals surface area contributed by atoms with Crippen LogP contribution in [-0.2, 0) is 4.79 Å². The topological polar surface area (TPSA) is 20.3 Å². The quantitative estimate of drug-likeness (QED) is 0.644. The van der Waals surface area contributed by atoms with E-state index in [1.54, 1.807) is 0 Å². The van der Waals surface area contributed by atoms with Crippen molar-refractivity contribution in [1.29, 1.82) is 0 Å². The number of hydrogen-bond acceptors (Lipinski definition) is 2. The first kappa shape index (κ1) is 11.6. The summed E-state index contributed by atoms with van der Waals surface area (Å²) in [6.07, 6.45) is 0. The third-order valence-corrected chi connectivity index (χ3v) is 2.41. The average molecular weight is 171 g/mol. The monoisotopic (exact) mass is 171 g/mol. The van der Waals surface area contributed by atoms with E-state index in [-0.39, 0.29) is 12.0 Å². The van der Waals surface area contributed by atoms with Crippen LogP contribution >= 0.6 is 0 Å². The predicted octanol–water partition coefficient (Wildman–Crippen LogP) is 1.94. The Hall–Kier alpha value is -0.370. The van der Waals surface area contributed by atoms with Crippen LogP contribution in [0.1, 0.15) is 34.6 Å². The molecule has 0 spiro atoms. The normalized spacial score (nSPS) is 14.4. The Morgan fingerprint density at radius 2 is 1.50 bits per heavy atom. The van der Waals surface area contributed by atoms with Crippen LogP contribution in [0.4, 0.5) is 0 Å². The molecule has 0 heterocycles. The van der Waals surface area contributed by atoms with Crippen molar-refractivity contribution in [3.63, 3.8) is 0 Å². The summed E-state index contributed by atoms with van der Waals surface area (Å²) >= 11 is 0. The van der Waals surface area contributed by atoms with Crippen LogP contribution < -0.4 is 0 Å². The van der Waals surface area contributed by atoms with E-state index in [1.165, 1.54) is 0 Å². The Labute approximate surface area is 75.9 Å². The molecule has 0 amide bonds. The molecule has 12 heavy (non-hydrogen) atoms. The molecule has 0 aliphatic rings. The third-order valence-electron chi connectivity index (χ3n) is 2.41. The molecule has 0 radical (unpaired) electrons. The predicted molar refractivity (Wildman–Crippen MR) is 52.2 cm³/mol. The van der Waals surface area contributed by atoms with Crippen molar-refractivity contribution < 1.29 is 4.79 Å². The van der Waals surface area contributed by atoms with Gasteiger partial charge in [-0.05, 0) is 27.8 Å². The smallest absolute Gasteiger partial charge is 0.152 e. The zero-order valence-corrected chi connectivity index (χ0v) is 9.09. The maximum absolute atomic E-state index is 11.5. The number of nitrogens with zero attached hydrogens (tertiary/aromatic N) is 1. The fourth-order valence-electron chi connectivity index (χ4n) is 1.13. The highest BCUT2D eigenvalue weighted by Crippen LogP contribution is 2.07. The van der Waals surface area contributed by atoms with E-state index >= 15 is 0 Å². The minimum absolute atomic E-state index is 0.0463. The van der Waals surface area contributed by atoms with Gasteiger partial charge in [-0.1, -0.05) is 13.8 Å². The molecule has 72 valence electrons. The summed E-state index contributed by atoms with van der Waals surface area (Å²) in [6.45, 7) is 10.1. The highest BCUT2D eigenvalue weighted by Gasteiger charge is 2.21. The van der Waals surface area contributed by atoms with E-state index < -0.39 is 0 Å². The van der Waals surface area contributed by atoms with Crippen molar-refractivity contribution in [1.82, 2.24) is 4.90 Å². The number of rotatable bonds is 4. The van der Waals surface area contributed by atoms with Gasteiger partial charge in [-0.25, -0.2) is 0 Å². The molecule has 1 atom stereocenters. The highest BCUT2D eigenvalue weighted by molar-refractivity contribution is 5.85. The zero-order chi connectivity index (χ0) is 9.89. The Bertz CT molecular complexity index is 152. The van der Waals surface area contributed by atoms with E-state index in [0.29, 0.717) is 11.8 Å². The van der Waals surface area contributed by atoms with Gasteiger partial charge in [-0.2, -0.15) is 0 Å². The highest BCUT2D eigenvalue weighted by atomic mass is 16.1. The second-order valence-electron chi connectivity index (χ2n) is 3.99. The van der Waals surface area contributed by atoms with Gasteiger partial charge in [0, 0.05) is 12.0 Å². The zero-order valence-electron chi connectivity index (χ0n) is 9.09. The molecule has 0 saturated carbocycles. The molecule has 2 nitrogen and oxygen atoms in total. The van der Waals surface area contributed by atoms with Crippen LogP contribution in [0.5, 0.6) is 0 Å². The second kappa shape index (κ2) is 4.61. The van der Waals surface area contributed by atoms with E-state index in [0.717, 1.165) is 0 Å². The molecule has 2 heteroatoms. The lowest BCUT2D eigenvalue weighted by Crippen LogP contribution is -2.42. The van der Waals surface area contributed by atoms with Crippen LogP contribution in [0.3, 0.4) is 0 Å². The first-order valence-electron chi connectivity index (χ1n) is 4.63. The van der Waals surface area contributed by atoms with Gasteiger partial charge in [0.05, 0.1) is 6.04 Å². The second-order valence-corrected chi connectivity index (χ2v) is 3.99. The number of ketones is 1. The standard InChI is InChI=1S/C10H21NO/c1-7(2)10(12)9(5)11(6)8(3)4/h7-9H,1-6H3/t9-/m0/s1. The molecule has 0 saturated heterocycles. The minimum atomic E-state index is 0.0463. The van der Waals surface area contributed by atoms with Crippen molar-refractivity contribution in [3.8, 4) is 0 Å². The first-order chi connectivity index (χ1) is 5.37. The van der Waals surface area contributed by atoms with Crippen LogP contribution in [-0.4, -0.2) is 29.8 Å². The van der Waals surface area contributed by atoms with Crippen LogP contribution in [0, 0.1) is 5.92 Å². The number of hydrogen-bond donors (Lipinski definition) is 0. The lowest BCUT2D eigenvalue weighted by atomic mass is 10.0. The van der Waals surface area contributed by atoms with E-state index in [9.17, 15) is 4.79 Å². The third kappa shape index (κ3) is 2.94. The fraction of sp³-hybridized carbons (Fsp3) is 0.900. The van der Waals surface area contributed by atoms with Gasteiger partial charge in [-0.3, -0.25) is 9.69 Å². The Morgan fingerprint density at radius 3 is 1.75 bits per heavy atom. The molecule has 0 N–H and O–H groups in total. The van der Waals surface area contributed by atoms with Gasteiger partial charge in [0.1, 0.15) is 0 Å². The van der Waals surface area contributed by atoms with Crippen molar-refractivity contribution in [3.05, 3.63) is 0 Å². The van der Waals surface area contributed by atoms with Gasteiger partial charge >= 0.3 is 0 Å². The minimum Gasteiger partial charge on any atom is -0.298 e. The molecule has 0 aromatic heterocycles. The van der Waals surface area contributed by atoms with Gasteiger partial charge in [0.25, 0.3) is 0 Å². The van der Waals surface area contributed by atoms with Gasteiger partial charge < -0.3 is 0 Å². The molecule has 0 aliphatic carbocycles. The van der Waals surface area contributed by atoms with Crippen molar-refractivity contribution in [2.24, 2.45) is 5.92 Å². The van der Waals surface area contributed by atoms with Crippen LogP contribution in [0.25, 0.3) is 0 Å². The lowest BCUT2D eigenvalue weighted by molar-refractivity contribution is -0.126. The molecule has 0 aliphatic heterocycles. The van der Waals surface area contributed by atoms with Gasteiger partial charge in [0.2, 0.25) is 0 Å². The molecular weight excluding hydrogens is 150 g/mol. The molecule has 0 aromatic carbocycles. The van der Waals surface area contributed by atoms with E-state index in [2.05, 4.69) is 18.7 Å². The summed E-state index contributed by atoms with van der Waals surface area (Å²) < 4.78 is 0. The Morgan fingerprint density at radius 1 is 1.08 bits per heavy atom. The summed E-state index contributed by atoms with van der Waals surface area (Å²) in [5, 5.41) is 0. The molecule has 0 fully saturated rings. The average Bonchev–Trinajstić information content (AvgIpc) is 2.00. The summed E-state index contributed by atoms with van der Waals surface area (Å²) in [4.78, 5) is 13.6. The Kier molecular flexibility index (Phi) is 4.46. The maximum Gasteiger partial charge on any atom is 0.152 e. The SMILES string of the molecule is CC(C)C(=O)[C@H](C)N(C)C(C)C. The fourth-order valence-corrected chi connectivity index (χ4v) is 1.13. The Balaban J connectivity index is 4.19. The van der Waals surface area contributed by atoms with E-state index in [1.807, 2.05) is 27.8 Å². The number of carbonyl (C=O) groups is 1. The summed E-state index contributed by atoms with van der Waals surface area (Å²) in [7, 11) is 2.00. The summed E-state index contributed by atoms with van der Waals surface area (Å²) in [5.74, 6) is 0.465. The molecular formula is C10H21NO. The maximum atomic E-state index is 11.5. The number of Topliss-reactive ketones (excluding diaryl/α,β-unsaturated/α-hetero) is 1. The van der Waals surface area contributed by atoms with Crippen molar-refractivity contribution >= 4 is 5.78 Å². The molecule has 0 aromatic rings. The first-order valence-corrected chi connectivity index (χ1v) is 4.63.